The van der Waals surface area contributed by atoms with E-state index in [9.17, 15) is 5.11 Å². The molecule has 2 heteroatoms. The van der Waals surface area contributed by atoms with Crippen molar-refractivity contribution >= 4 is 0 Å². The van der Waals surface area contributed by atoms with Crippen LogP contribution >= 0.6 is 0 Å². The maximum absolute atomic E-state index is 10.6. The van der Waals surface area contributed by atoms with E-state index >= 15 is 0 Å². The van der Waals surface area contributed by atoms with Crippen LogP contribution in [0.25, 0.3) is 0 Å². The topological polar surface area (TPSA) is 29.5 Å². The van der Waals surface area contributed by atoms with E-state index in [0.717, 1.165) is 26.1 Å². The second kappa shape index (κ2) is 5.05. The van der Waals surface area contributed by atoms with Gasteiger partial charge in [-0.2, -0.15) is 0 Å². The first-order valence-electron chi connectivity index (χ1n) is 6.87. The fraction of sp³-hybridized carbons (Fsp3) is 1.00. The molecule has 0 aromatic rings. The first-order chi connectivity index (χ1) is 7.61. The third kappa shape index (κ3) is 2.60. The van der Waals surface area contributed by atoms with Gasteiger partial charge in [0.25, 0.3) is 0 Å². The van der Waals surface area contributed by atoms with E-state index < -0.39 is 0 Å². The molecule has 1 aliphatic heterocycles. The van der Waals surface area contributed by atoms with Crippen molar-refractivity contribution in [2.24, 2.45) is 17.3 Å². The molecule has 0 radical (unpaired) electrons. The van der Waals surface area contributed by atoms with Crippen LogP contribution < -0.4 is 0 Å². The molecule has 0 aromatic heterocycles. The Morgan fingerprint density at radius 3 is 2.44 bits per heavy atom. The molecule has 1 heterocycles. The Morgan fingerprint density at radius 2 is 1.81 bits per heavy atom. The number of hydrogen-bond acceptors (Lipinski definition) is 2. The largest absolute Gasteiger partial charge is 0.393 e. The molecular weight excluding hydrogens is 200 g/mol. The fourth-order valence-corrected chi connectivity index (χ4v) is 3.54. The van der Waals surface area contributed by atoms with Gasteiger partial charge in [-0.1, -0.05) is 26.7 Å². The Balaban J connectivity index is 1.98. The maximum Gasteiger partial charge on any atom is 0.0603 e. The van der Waals surface area contributed by atoms with E-state index in [-0.39, 0.29) is 6.10 Å². The molecule has 94 valence electrons. The van der Waals surface area contributed by atoms with Gasteiger partial charge in [-0.3, -0.25) is 0 Å². The van der Waals surface area contributed by atoms with Gasteiger partial charge in [-0.05, 0) is 42.9 Å². The third-order valence-electron chi connectivity index (χ3n) is 4.75. The number of aliphatic hydroxyl groups is 1. The maximum atomic E-state index is 10.6. The molecule has 1 N–H and O–H groups in total. The lowest BCUT2D eigenvalue weighted by atomic mass is 9.64. The average molecular weight is 226 g/mol. The molecule has 2 aliphatic rings. The molecule has 1 aliphatic carbocycles. The minimum absolute atomic E-state index is 0.0980. The van der Waals surface area contributed by atoms with Gasteiger partial charge in [0.1, 0.15) is 0 Å². The highest BCUT2D eigenvalue weighted by atomic mass is 16.5. The van der Waals surface area contributed by atoms with E-state index in [2.05, 4.69) is 13.8 Å². The minimum atomic E-state index is -0.0980. The molecule has 2 rings (SSSR count). The molecule has 0 spiro atoms. The summed E-state index contributed by atoms with van der Waals surface area (Å²) < 4.78 is 5.38. The van der Waals surface area contributed by atoms with Crippen LogP contribution in [0.15, 0.2) is 0 Å². The molecule has 2 nitrogen and oxygen atoms in total. The second-order valence-corrected chi connectivity index (χ2v) is 6.28. The summed E-state index contributed by atoms with van der Waals surface area (Å²) in [6, 6.07) is 0. The van der Waals surface area contributed by atoms with Crippen molar-refractivity contribution in [2.75, 3.05) is 13.2 Å². The quantitative estimate of drug-likeness (QED) is 0.784. The Bertz CT molecular complexity index is 219. The van der Waals surface area contributed by atoms with E-state index in [0.29, 0.717) is 17.3 Å². The van der Waals surface area contributed by atoms with E-state index in [4.69, 9.17) is 4.74 Å². The lowest BCUT2D eigenvalue weighted by Gasteiger charge is -2.44. The van der Waals surface area contributed by atoms with Crippen molar-refractivity contribution in [2.45, 2.75) is 58.5 Å². The van der Waals surface area contributed by atoms with Crippen LogP contribution in [0.5, 0.6) is 0 Å². The van der Waals surface area contributed by atoms with Gasteiger partial charge in [0.15, 0.2) is 0 Å². The van der Waals surface area contributed by atoms with Gasteiger partial charge < -0.3 is 9.84 Å². The van der Waals surface area contributed by atoms with Gasteiger partial charge >= 0.3 is 0 Å². The van der Waals surface area contributed by atoms with Gasteiger partial charge in [0.05, 0.1) is 6.10 Å². The van der Waals surface area contributed by atoms with Crippen molar-refractivity contribution in [3.05, 3.63) is 0 Å². The molecule has 2 atom stereocenters. The first kappa shape index (κ1) is 12.4. The van der Waals surface area contributed by atoms with Crippen LogP contribution in [0.1, 0.15) is 52.4 Å². The molecule has 1 saturated heterocycles. The normalized spacial score (nSPS) is 33.6. The lowest BCUT2D eigenvalue weighted by molar-refractivity contribution is -0.0609. The zero-order valence-electron chi connectivity index (χ0n) is 10.7. The van der Waals surface area contributed by atoms with Crippen molar-refractivity contribution in [1.82, 2.24) is 0 Å². The number of hydrogen-bond donors (Lipinski definition) is 1. The summed E-state index contributed by atoms with van der Waals surface area (Å²) >= 11 is 0. The summed E-state index contributed by atoms with van der Waals surface area (Å²) in [5.41, 5.74) is 0.329. The Morgan fingerprint density at radius 1 is 1.12 bits per heavy atom. The van der Waals surface area contributed by atoms with E-state index in [1.165, 1.54) is 25.7 Å². The Kier molecular flexibility index (Phi) is 3.91. The molecular formula is C14H26O2. The number of rotatable bonds is 2. The molecule has 2 fully saturated rings. The highest BCUT2D eigenvalue weighted by Crippen LogP contribution is 2.44. The summed E-state index contributed by atoms with van der Waals surface area (Å²) in [6.45, 7) is 6.35. The molecule has 0 bridgehead atoms. The summed E-state index contributed by atoms with van der Waals surface area (Å²) in [6.07, 6.45) is 7.13. The molecule has 16 heavy (non-hydrogen) atoms. The van der Waals surface area contributed by atoms with Crippen LogP contribution in [-0.4, -0.2) is 24.4 Å². The van der Waals surface area contributed by atoms with Gasteiger partial charge in [-0.15, -0.1) is 0 Å². The van der Waals surface area contributed by atoms with Crippen LogP contribution in [0.4, 0.5) is 0 Å². The van der Waals surface area contributed by atoms with Crippen molar-refractivity contribution in [3.8, 4) is 0 Å². The SMILES string of the molecule is CC1(C)CCCCC1C(O)C1CCOCC1. The van der Waals surface area contributed by atoms with Crippen LogP contribution in [0.2, 0.25) is 0 Å². The Labute approximate surface area is 99.4 Å². The summed E-state index contributed by atoms with van der Waals surface area (Å²) in [5.74, 6) is 0.987. The van der Waals surface area contributed by atoms with E-state index in [1.807, 2.05) is 0 Å². The predicted octanol–water partition coefficient (Wildman–Crippen LogP) is 2.99. The van der Waals surface area contributed by atoms with Gasteiger partial charge in [0, 0.05) is 13.2 Å². The van der Waals surface area contributed by atoms with Crippen LogP contribution in [0.3, 0.4) is 0 Å². The predicted molar refractivity (Wildman–Crippen MR) is 65.3 cm³/mol. The van der Waals surface area contributed by atoms with Crippen molar-refractivity contribution in [1.29, 1.82) is 0 Å². The molecule has 0 amide bonds. The highest BCUT2D eigenvalue weighted by Gasteiger charge is 2.40. The summed E-state index contributed by atoms with van der Waals surface area (Å²) in [7, 11) is 0. The average Bonchev–Trinajstić information content (AvgIpc) is 2.29. The zero-order valence-corrected chi connectivity index (χ0v) is 10.7. The summed E-state index contributed by atoms with van der Waals surface area (Å²) in [4.78, 5) is 0. The number of ether oxygens (including phenoxy) is 1. The van der Waals surface area contributed by atoms with Crippen LogP contribution in [-0.2, 0) is 4.74 Å². The number of aliphatic hydroxyl groups excluding tert-OH is 1. The van der Waals surface area contributed by atoms with E-state index in [1.54, 1.807) is 0 Å². The zero-order chi connectivity index (χ0) is 11.6. The third-order valence-corrected chi connectivity index (χ3v) is 4.75. The minimum Gasteiger partial charge on any atom is -0.393 e. The lowest BCUT2D eigenvalue weighted by Crippen LogP contribution is -2.42. The molecule has 0 aromatic carbocycles. The first-order valence-corrected chi connectivity index (χ1v) is 6.87. The Hall–Kier alpha value is -0.0800. The summed E-state index contributed by atoms with van der Waals surface area (Å²) in [5, 5.41) is 10.6. The molecule has 1 saturated carbocycles. The fourth-order valence-electron chi connectivity index (χ4n) is 3.54. The van der Waals surface area contributed by atoms with Gasteiger partial charge in [0.2, 0.25) is 0 Å². The molecule has 2 unspecified atom stereocenters. The monoisotopic (exact) mass is 226 g/mol. The van der Waals surface area contributed by atoms with Crippen molar-refractivity contribution in [3.63, 3.8) is 0 Å². The van der Waals surface area contributed by atoms with Crippen molar-refractivity contribution < 1.29 is 9.84 Å². The highest BCUT2D eigenvalue weighted by molar-refractivity contribution is 4.90. The van der Waals surface area contributed by atoms with Gasteiger partial charge in [-0.25, -0.2) is 0 Å². The second-order valence-electron chi connectivity index (χ2n) is 6.28. The standard InChI is InChI=1S/C14H26O2/c1-14(2)8-4-3-5-12(14)13(15)11-6-9-16-10-7-11/h11-13,15H,3-10H2,1-2H3. The van der Waals surface area contributed by atoms with Crippen LogP contribution in [0, 0.1) is 17.3 Å². The smallest absolute Gasteiger partial charge is 0.0603 e.